The molecule has 102 valence electrons. The van der Waals surface area contributed by atoms with Gasteiger partial charge in [0.1, 0.15) is 12.4 Å². The molecule has 0 aliphatic rings. The van der Waals surface area contributed by atoms with E-state index in [1.165, 1.54) is 0 Å². The number of nitrogen functional groups attached to an aromatic ring is 1. The Balaban J connectivity index is 2.56. The summed E-state index contributed by atoms with van der Waals surface area (Å²) in [5, 5.41) is 0. The summed E-state index contributed by atoms with van der Waals surface area (Å²) >= 11 is 0. The number of hydrogen-bond donors (Lipinski definition) is 2. The van der Waals surface area contributed by atoms with Gasteiger partial charge in [0.25, 0.3) is 0 Å². The van der Waals surface area contributed by atoms with Crippen LogP contribution in [-0.2, 0) is 11.3 Å². The first-order valence-electron chi connectivity index (χ1n) is 6.15. The predicted molar refractivity (Wildman–Crippen MR) is 68.8 cm³/mol. The molecule has 18 heavy (non-hydrogen) atoms. The van der Waals surface area contributed by atoms with Crippen molar-refractivity contribution in [1.82, 2.24) is 5.43 Å². The largest absolute Gasteiger partial charge is 0.453 e. The van der Waals surface area contributed by atoms with Crippen molar-refractivity contribution in [1.29, 1.82) is 0 Å². The lowest BCUT2D eigenvalue weighted by molar-refractivity contribution is 0.0298. The number of ether oxygens (including phenoxy) is 1. The molecule has 1 heterocycles. The summed E-state index contributed by atoms with van der Waals surface area (Å²) in [7, 11) is 0. The van der Waals surface area contributed by atoms with E-state index < -0.39 is 5.91 Å². The Bertz CT molecular complexity index is 399. The number of nitrogens with two attached hydrogens (primary N) is 1. The van der Waals surface area contributed by atoms with E-state index in [0.29, 0.717) is 18.3 Å². The van der Waals surface area contributed by atoms with Crippen LogP contribution in [-0.4, -0.2) is 12.0 Å². The molecule has 1 atom stereocenters. The highest BCUT2D eigenvalue weighted by Gasteiger charge is 2.15. The molecule has 0 bridgehead atoms. The van der Waals surface area contributed by atoms with Crippen molar-refractivity contribution < 1.29 is 13.9 Å². The van der Waals surface area contributed by atoms with Crippen LogP contribution in [0.15, 0.2) is 10.5 Å². The van der Waals surface area contributed by atoms with Crippen LogP contribution in [0.25, 0.3) is 0 Å². The minimum atomic E-state index is -0.422. The second-order valence-electron chi connectivity index (χ2n) is 4.95. The van der Waals surface area contributed by atoms with Gasteiger partial charge in [0.2, 0.25) is 0 Å². The molecule has 0 radical (unpaired) electrons. The second-order valence-corrected chi connectivity index (χ2v) is 4.95. The van der Waals surface area contributed by atoms with Gasteiger partial charge in [-0.25, -0.2) is 5.84 Å². The summed E-state index contributed by atoms with van der Waals surface area (Å²) in [6.07, 6.45) is 1.16. The minimum absolute atomic E-state index is 0.169. The van der Waals surface area contributed by atoms with E-state index >= 15 is 0 Å². The number of amides is 1. The average molecular weight is 254 g/mol. The van der Waals surface area contributed by atoms with Gasteiger partial charge in [-0.2, -0.15) is 0 Å². The molecule has 1 unspecified atom stereocenters. The summed E-state index contributed by atoms with van der Waals surface area (Å²) in [4.78, 5) is 11.4. The molecule has 5 nitrogen and oxygen atoms in total. The summed E-state index contributed by atoms with van der Waals surface area (Å²) < 4.78 is 11.1. The number of carbonyl (C=O) groups excluding carboxylic acids is 1. The highest BCUT2D eigenvalue weighted by molar-refractivity contribution is 5.92. The number of nitrogens with one attached hydrogen (secondary N) is 1. The van der Waals surface area contributed by atoms with Gasteiger partial charge >= 0.3 is 5.91 Å². The minimum Gasteiger partial charge on any atom is -0.453 e. The van der Waals surface area contributed by atoms with E-state index in [9.17, 15) is 4.79 Å². The van der Waals surface area contributed by atoms with Crippen LogP contribution < -0.4 is 11.3 Å². The Kier molecular flexibility index (Phi) is 5.37. The number of hydrogen-bond acceptors (Lipinski definition) is 4. The molecule has 0 aromatic carbocycles. The smallest absolute Gasteiger partial charge is 0.301 e. The number of hydrazine groups is 1. The summed E-state index contributed by atoms with van der Waals surface area (Å²) in [6, 6.07) is 1.80. The van der Waals surface area contributed by atoms with E-state index in [2.05, 4.69) is 19.3 Å². The van der Waals surface area contributed by atoms with Gasteiger partial charge in [-0.05, 0) is 32.3 Å². The van der Waals surface area contributed by atoms with Crippen LogP contribution in [0, 0.1) is 12.8 Å². The molecule has 1 rings (SSSR count). The van der Waals surface area contributed by atoms with Crippen LogP contribution in [0.2, 0.25) is 0 Å². The van der Waals surface area contributed by atoms with Gasteiger partial charge in [-0.15, -0.1) is 0 Å². The fourth-order valence-electron chi connectivity index (χ4n) is 1.87. The SMILES string of the molecule is Cc1cc(COC(C)CC(C)C)oc1C(=O)NN. The third kappa shape index (κ3) is 4.16. The molecule has 1 aromatic rings. The normalized spacial score (nSPS) is 12.8. The molecule has 0 fully saturated rings. The second kappa shape index (κ2) is 6.56. The fourth-order valence-corrected chi connectivity index (χ4v) is 1.87. The Morgan fingerprint density at radius 1 is 1.50 bits per heavy atom. The van der Waals surface area contributed by atoms with Crippen molar-refractivity contribution in [3.63, 3.8) is 0 Å². The lowest BCUT2D eigenvalue weighted by Crippen LogP contribution is -2.30. The zero-order valence-electron chi connectivity index (χ0n) is 11.4. The summed E-state index contributed by atoms with van der Waals surface area (Å²) in [6.45, 7) is 8.51. The van der Waals surface area contributed by atoms with E-state index in [-0.39, 0.29) is 11.9 Å². The van der Waals surface area contributed by atoms with Crippen LogP contribution in [0.5, 0.6) is 0 Å². The molecule has 5 heteroatoms. The van der Waals surface area contributed by atoms with Crippen LogP contribution >= 0.6 is 0 Å². The molecular weight excluding hydrogens is 232 g/mol. The highest BCUT2D eigenvalue weighted by Crippen LogP contribution is 2.17. The first-order chi connectivity index (χ1) is 8.43. The molecule has 0 saturated heterocycles. The standard InChI is InChI=1S/C13H22N2O3/c1-8(2)5-10(4)17-7-11-6-9(3)12(18-11)13(16)15-14/h6,8,10H,5,7,14H2,1-4H3,(H,15,16). The quantitative estimate of drug-likeness (QED) is 0.463. The summed E-state index contributed by atoms with van der Waals surface area (Å²) in [5.41, 5.74) is 2.81. The van der Waals surface area contributed by atoms with Crippen molar-refractivity contribution in [2.24, 2.45) is 11.8 Å². The lowest BCUT2D eigenvalue weighted by Gasteiger charge is -2.13. The number of aryl methyl sites for hydroxylation is 1. The molecule has 0 spiro atoms. The molecule has 1 aromatic heterocycles. The van der Waals surface area contributed by atoms with Gasteiger partial charge in [0, 0.05) is 5.56 Å². The Morgan fingerprint density at radius 3 is 2.72 bits per heavy atom. The monoisotopic (exact) mass is 254 g/mol. The molecule has 1 amide bonds. The first kappa shape index (κ1) is 14.7. The number of carbonyl (C=O) groups is 1. The molecule has 0 saturated carbocycles. The van der Waals surface area contributed by atoms with Crippen molar-refractivity contribution in [3.8, 4) is 0 Å². The molecule has 0 aliphatic carbocycles. The fraction of sp³-hybridized carbons (Fsp3) is 0.615. The van der Waals surface area contributed by atoms with Crippen molar-refractivity contribution in [3.05, 3.63) is 23.2 Å². The van der Waals surface area contributed by atoms with E-state index in [4.69, 9.17) is 15.0 Å². The van der Waals surface area contributed by atoms with E-state index in [0.717, 1.165) is 12.0 Å². The zero-order valence-corrected chi connectivity index (χ0v) is 11.4. The summed E-state index contributed by atoms with van der Waals surface area (Å²) in [5.74, 6) is 6.12. The van der Waals surface area contributed by atoms with Crippen molar-refractivity contribution in [2.75, 3.05) is 0 Å². The maximum absolute atomic E-state index is 11.4. The van der Waals surface area contributed by atoms with Gasteiger partial charge < -0.3 is 9.15 Å². The Hall–Kier alpha value is -1.33. The Morgan fingerprint density at radius 2 is 2.17 bits per heavy atom. The average Bonchev–Trinajstić information content (AvgIpc) is 2.66. The predicted octanol–water partition coefficient (Wildman–Crippen LogP) is 2.14. The molecule has 3 N–H and O–H groups in total. The maximum atomic E-state index is 11.4. The van der Waals surface area contributed by atoms with E-state index in [1.54, 1.807) is 13.0 Å². The topological polar surface area (TPSA) is 77.5 Å². The van der Waals surface area contributed by atoms with Gasteiger partial charge in [0.05, 0.1) is 6.10 Å². The maximum Gasteiger partial charge on any atom is 0.301 e. The Labute approximate surface area is 108 Å². The van der Waals surface area contributed by atoms with Crippen LogP contribution in [0.1, 0.15) is 49.1 Å². The van der Waals surface area contributed by atoms with Crippen molar-refractivity contribution in [2.45, 2.75) is 46.8 Å². The lowest BCUT2D eigenvalue weighted by atomic mass is 10.1. The number of furan rings is 1. The van der Waals surface area contributed by atoms with Gasteiger partial charge in [-0.1, -0.05) is 13.8 Å². The van der Waals surface area contributed by atoms with Crippen molar-refractivity contribution >= 4 is 5.91 Å². The highest BCUT2D eigenvalue weighted by atomic mass is 16.5. The zero-order chi connectivity index (χ0) is 13.7. The van der Waals surface area contributed by atoms with Crippen LogP contribution in [0.3, 0.4) is 0 Å². The van der Waals surface area contributed by atoms with E-state index in [1.807, 2.05) is 6.92 Å². The first-order valence-corrected chi connectivity index (χ1v) is 6.15. The third-order valence-electron chi connectivity index (χ3n) is 2.62. The molecule has 0 aliphatic heterocycles. The number of rotatable bonds is 6. The van der Waals surface area contributed by atoms with Gasteiger partial charge in [0.15, 0.2) is 5.76 Å². The third-order valence-corrected chi connectivity index (χ3v) is 2.62. The van der Waals surface area contributed by atoms with Crippen LogP contribution in [0.4, 0.5) is 0 Å². The molecular formula is C13H22N2O3. The van der Waals surface area contributed by atoms with Gasteiger partial charge in [-0.3, -0.25) is 10.2 Å².